The summed E-state index contributed by atoms with van der Waals surface area (Å²) < 4.78 is 0. The highest BCUT2D eigenvalue weighted by molar-refractivity contribution is 6.22. The number of hydrogen-bond donors (Lipinski definition) is 0. The first-order valence-corrected chi connectivity index (χ1v) is 11.5. The molecule has 2 nitrogen and oxygen atoms in total. The molecule has 0 radical (unpaired) electrons. The summed E-state index contributed by atoms with van der Waals surface area (Å²) >= 11 is 0. The van der Waals surface area contributed by atoms with Gasteiger partial charge >= 0.3 is 0 Å². The van der Waals surface area contributed by atoms with E-state index in [-0.39, 0.29) is 0 Å². The lowest BCUT2D eigenvalue weighted by Gasteiger charge is -2.13. The molecule has 0 atom stereocenters. The number of aromatic nitrogens is 2. The van der Waals surface area contributed by atoms with Crippen LogP contribution in [0.3, 0.4) is 0 Å². The Bertz CT molecular complexity index is 1830. The summed E-state index contributed by atoms with van der Waals surface area (Å²) in [4.78, 5) is 9.98. The normalized spacial score (nSPS) is 11.5. The summed E-state index contributed by atoms with van der Waals surface area (Å²) in [5.41, 5.74) is 5.11. The minimum Gasteiger partial charge on any atom is -0.256 e. The summed E-state index contributed by atoms with van der Waals surface area (Å²) in [5.74, 6) is 0. The fraction of sp³-hybridized carbons (Fsp3) is 0. The molecule has 0 aliphatic heterocycles. The van der Waals surface area contributed by atoms with Crippen LogP contribution in [0.1, 0.15) is 0 Å². The molecule has 0 bridgehead atoms. The first-order chi connectivity index (χ1) is 16.9. The van der Waals surface area contributed by atoms with Crippen molar-refractivity contribution in [2.24, 2.45) is 0 Å². The quantitative estimate of drug-likeness (QED) is 0.256. The Kier molecular flexibility index (Phi) is 4.18. The smallest absolute Gasteiger partial charge is 0.0803 e. The van der Waals surface area contributed by atoms with E-state index in [1.807, 2.05) is 6.20 Å². The number of benzene rings is 5. The molecule has 0 aliphatic rings. The highest BCUT2D eigenvalue weighted by Gasteiger charge is 2.14. The molecular weight excluding hydrogens is 412 g/mol. The molecule has 0 amide bonds. The van der Waals surface area contributed by atoms with Crippen molar-refractivity contribution in [2.75, 3.05) is 0 Å². The summed E-state index contributed by atoms with van der Waals surface area (Å²) in [7, 11) is 0. The SMILES string of the molecule is c1ccc2c(-c3ccc(-c4nc5ccccc5c5c4ccc4ccccc45)cn3)cccc2c1. The number of fused-ring (bicyclic) bond motifs is 6. The Labute approximate surface area is 197 Å². The molecule has 7 rings (SSSR count). The highest BCUT2D eigenvalue weighted by atomic mass is 14.7. The molecule has 0 aliphatic carbocycles. The van der Waals surface area contributed by atoms with Gasteiger partial charge in [-0.1, -0.05) is 97.1 Å². The van der Waals surface area contributed by atoms with Gasteiger partial charge in [0.1, 0.15) is 0 Å². The molecule has 5 aromatic carbocycles. The summed E-state index contributed by atoms with van der Waals surface area (Å²) in [6.07, 6.45) is 1.96. The van der Waals surface area contributed by atoms with E-state index in [0.29, 0.717) is 0 Å². The van der Waals surface area contributed by atoms with Gasteiger partial charge in [-0.3, -0.25) is 4.98 Å². The van der Waals surface area contributed by atoms with E-state index in [4.69, 9.17) is 9.97 Å². The van der Waals surface area contributed by atoms with E-state index < -0.39 is 0 Å². The van der Waals surface area contributed by atoms with Gasteiger partial charge in [-0.15, -0.1) is 0 Å². The molecule has 0 unspecified atom stereocenters. The fourth-order valence-corrected chi connectivity index (χ4v) is 5.08. The lowest BCUT2D eigenvalue weighted by atomic mass is 9.95. The molecule has 0 N–H and O–H groups in total. The molecule has 0 fully saturated rings. The average Bonchev–Trinajstić information content (AvgIpc) is 2.92. The number of nitrogens with zero attached hydrogens (tertiary/aromatic N) is 2. The Morgan fingerprint density at radius 1 is 0.471 bits per heavy atom. The van der Waals surface area contributed by atoms with Crippen molar-refractivity contribution in [2.45, 2.75) is 0 Å². The summed E-state index contributed by atoms with van der Waals surface area (Å²) in [5, 5.41) is 8.50. The molecule has 2 aromatic heterocycles. The lowest BCUT2D eigenvalue weighted by Crippen LogP contribution is -1.92. The van der Waals surface area contributed by atoms with Crippen molar-refractivity contribution in [3.63, 3.8) is 0 Å². The monoisotopic (exact) mass is 432 g/mol. The third-order valence-electron chi connectivity index (χ3n) is 6.69. The third kappa shape index (κ3) is 2.89. The number of pyridine rings is 2. The molecule has 7 aromatic rings. The Balaban J connectivity index is 1.46. The highest BCUT2D eigenvalue weighted by Crippen LogP contribution is 2.37. The van der Waals surface area contributed by atoms with Crippen molar-refractivity contribution >= 4 is 43.2 Å². The zero-order valence-electron chi connectivity index (χ0n) is 18.4. The zero-order chi connectivity index (χ0) is 22.5. The van der Waals surface area contributed by atoms with Crippen LogP contribution in [0.15, 0.2) is 121 Å². The van der Waals surface area contributed by atoms with Gasteiger partial charge < -0.3 is 0 Å². The molecule has 0 saturated carbocycles. The van der Waals surface area contributed by atoms with Crippen molar-refractivity contribution in [1.82, 2.24) is 9.97 Å². The van der Waals surface area contributed by atoms with Crippen LogP contribution >= 0.6 is 0 Å². The van der Waals surface area contributed by atoms with Gasteiger partial charge in [-0.25, -0.2) is 4.98 Å². The minimum atomic E-state index is 0.969. The maximum absolute atomic E-state index is 5.09. The van der Waals surface area contributed by atoms with E-state index >= 15 is 0 Å². The van der Waals surface area contributed by atoms with Crippen molar-refractivity contribution in [3.8, 4) is 22.5 Å². The molecule has 158 valence electrons. The number of hydrogen-bond acceptors (Lipinski definition) is 2. The van der Waals surface area contributed by atoms with Crippen molar-refractivity contribution in [1.29, 1.82) is 0 Å². The van der Waals surface area contributed by atoms with Gasteiger partial charge in [0.25, 0.3) is 0 Å². The van der Waals surface area contributed by atoms with Gasteiger partial charge in [0.15, 0.2) is 0 Å². The predicted molar refractivity (Wildman–Crippen MR) is 143 cm³/mol. The van der Waals surface area contributed by atoms with Crippen molar-refractivity contribution < 1.29 is 0 Å². The van der Waals surface area contributed by atoms with Gasteiger partial charge in [-0.2, -0.15) is 0 Å². The second kappa shape index (κ2) is 7.50. The summed E-state index contributed by atoms with van der Waals surface area (Å²) in [6.45, 7) is 0. The van der Waals surface area contributed by atoms with E-state index in [9.17, 15) is 0 Å². The second-order valence-corrected chi connectivity index (χ2v) is 8.65. The van der Waals surface area contributed by atoms with E-state index in [1.54, 1.807) is 0 Å². The Morgan fingerprint density at radius 3 is 2.00 bits per heavy atom. The predicted octanol–water partition coefficient (Wildman–Crippen LogP) is 8.42. The van der Waals surface area contributed by atoms with Gasteiger partial charge in [0, 0.05) is 33.5 Å². The third-order valence-corrected chi connectivity index (χ3v) is 6.69. The standard InChI is InChI=1S/C32H20N2/c1-3-11-24-21(8-1)10-7-14-26(24)29-19-17-23(20-33-29)32-28-18-16-22-9-2-4-12-25(22)31(28)27-13-5-6-15-30(27)34-32/h1-20H. The molecule has 34 heavy (non-hydrogen) atoms. The van der Waals surface area contributed by atoms with Gasteiger partial charge in [0.05, 0.1) is 16.9 Å². The van der Waals surface area contributed by atoms with Crippen LogP contribution in [0, 0.1) is 0 Å². The van der Waals surface area contributed by atoms with E-state index in [0.717, 1.165) is 33.4 Å². The van der Waals surface area contributed by atoms with Crippen LogP contribution in [-0.2, 0) is 0 Å². The molecule has 0 spiro atoms. The van der Waals surface area contributed by atoms with Crippen molar-refractivity contribution in [3.05, 3.63) is 121 Å². The second-order valence-electron chi connectivity index (χ2n) is 8.65. The van der Waals surface area contributed by atoms with Crippen LogP contribution < -0.4 is 0 Å². The van der Waals surface area contributed by atoms with Crippen LogP contribution in [0.4, 0.5) is 0 Å². The van der Waals surface area contributed by atoms with Crippen LogP contribution in [0.5, 0.6) is 0 Å². The van der Waals surface area contributed by atoms with Gasteiger partial charge in [-0.05, 0) is 39.7 Å². The van der Waals surface area contributed by atoms with E-state index in [2.05, 4.69) is 115 Å². The topological polar surface area (TPSA) is 25.8 Å². The Morgan fingerprint density at radius 2 is 1.18 bits per heavy atom. The first-order valence-electron chi connectivity index (χ1n) is 11.5. The Hall–Kier alpha value is -4.56. The molecular formula is C32H20N2. The number of rotatable bonds is 2. The van der Waals surface area contributed by atoms with Crippen LogP contribution in [0.2, 0.25) is 0 Å². The maximum atomic E-state index is 5.09. The maximum Gasteiger partial charge on any atom is 0.0803 e. The molecule has 2 heterocycles. The number of para-hydroxylation sites is 1. The molecule has 2 heteroatoms. The summed E-state index contributed by atoms with van der Waals surface area (Å²) in [6, 6.07) is 40.5. The van der Waals surface area contributed by atoms with E-state index in [1.165, 1.54) is 32.3 Å². The largest absolute Gasteiger partial charge is 0.256 e. The molecule has 0 saturated heterocycles. The average molecular weight is 433 g/mol. The zero-order valence-corrected chi connectivity index (χ0v) is 18.4. The first kappa shape index (κ1) is 19.0. The van der Waals surface area contributed by atoms with Gasteiger partial charge in [0.2, 0.25) is 0 Å². The van der Waals surface area contributed by atoms with Crippen LogP contribution in [0.25, 0.3) is 65.7 Å². The minimum absolute atomic E-state index is 0.969. The fourth-order valence-electron chi connectivity index (χ4n) is 5.08. The lowest BCUT2D eigenvalue weighted by molar-refractivity contribution is 1.31. The van der Waals surface area contributed by atoms with Crippen LogP contribution in [-0.4, -0.2) is 9.97 Å².